The van der Waals surface area contributed by atoms with E-state index in [0.29, 0.717) is 5.56 Å². The van der Waals surface area contributed by atoms with E-state index in [1.807, 2.05) is 19.2 Å². The van der Waals surface area contributed by atoms with Crippen LogP contribution in [0.3, 0.4) is 0 Å². The molecule has 2 N–H and O–H groups in total. The van der Waals surface area contributed by atoms with E-state index >= 15 is 0 Å². The second-order valence-electron chi connectivity index (χ2n) is 5.77. The monoisotopic (exact) mass is 287 g/mol. The van der Waals surface area contributed by atoms with Crippen LogP contribution in [0.25, 0.3) is 0 Å². The maximum absolute atomic E-state index is 10.2. The van der Waals surface area contributed by atoms with Crippen LogP contribution in [0.5, 0.6) is 0 Å². The molecule has 4 heteroatoms. The van der Waals surface area contributed by atoms with Crippen molar-refractivity contribution in [3.05, 3.63) is 29.3 Å². The summed E-state index contributed by atoms with van der Waals surface area (Å²) in [4.78, 5) is 2.08. The molecule has 2 unspecified atom stereocenters. The van der Waals surface area contributed by atoms with Gasteiger partial charge in [0, 0.05) is 13.6 Å². The number of nitrogens with zero attached hydrogens (tertiary/aromatic N) is 2. The van der Waals surface area contributed by atoms with Crippen LogP contribution in [-0.4, -0.2) is 30.8 Å². The Morgan fingerprint density at radius 1 is 1.38 bits per heavy atom. The Morgan fingerprint density at radius 3 is 2.81 bits per heavy atom. The number of nitriles is 1. The molecule has 1 aliphatic carbocycles. The Kier molecular flexibility index (Phi) is 5.60. The van der Waals surface area contributed by atoms with E-state index in [9.17, 15) is 10.4 Å². The van der Waals surface area contributed by atoms with Crippen molar-refractivity contribution in [1.29, 1.82) is 5.26 Å². The zero-order chi connectivity index (χ0) is 15.2. The third-order valence-electron chi connectivity index (χ3n) is 4.33. The van der Waals surface area contributed by atoms with Crippen molar-refractivity contribution in [3.63, 3.8) is 0 Å². The topological polar surface area (TPSA) is 59.3 Å². The number of nitrogens with one attached hydrogen (secondary N) is 1. The van der Waals surface area contributed by atoms with Crippen LogP contribution in [0.4, 0.5) is 5.69 Å². The Bertz CT molecular complexity index is 509. The van der Waals surface area contributed by atoms with Crippen molar-refractivity contribution < 1.29 is 5.11 Å². The Labute approximate surface area is 127 Å². The maximum Gasteiger partial charge on any atom is 0.101 e. The second-order valence-corrected chi connectivity index (χ2v) is 5.77. The summed E-state index contributed by atoms with van der Waals surface area (Å²) >= 11 is 0. The zero-order valence-electron chi connectivity index (χ0n) is 13.0. The molecule has 114 valence electrons. The highest BCUT2D eigenvalue weighted by Crippen LogP contribution is 2.29. The molecule has 4 nitrogen and oxygen atoms in total. The van der Waals surface area contributed by atoms with E-state index in [0.717, 1.165) is 50.0 Å². The standard InChI is InChI=1S/C17H25N3O/c1-3-19-12-13-8-9-15(14(10-13)11-18)20(2)16-6-4-5-7-17(16)21/h8-10,16-17,19,21H,3-7,12H2,1-2H3. The molecule has 0 spiro atoms. The lowest BCUT2D eigenvalue weighted by atomic mass is 9.91. The van der Waals surface area contributed by atoms with Crippen LogP contribution in [0.1, 0.15) is 43.7 Å². The average molecular weight is 287 g/mol. The van der Waals surface area contributed by atoms with Gasteiger partial charge in [-0.3, -0.25) is 0 Å². The Hall–Kier alpha value is -1.57. The molecule has 1 aliphatic rings. The molecular formula is C17H25N3O. The normalized spacial score (nSPS) is 21.8. The van der Waals surface area contributed by atoms with Crippen LogP contribution in [0.15, 0.2) is 18.2 Å². The van der Waals surface area contributed by atoms with Crippen LogP contribution >= 0.6 is 0 Å². The first-order chi connectivity index (χ1) is 10.2. The molecular weight excluding hydrogens is 262 g/mol. The molecule has 0 aliphatic heterocycles. The molecule has 1 aromatic rings. The number of hydrogen-bond donors (Lipinski definition) is 2. The SMILES string of the molecule is CCNCc1ccc(N(C)C2CCCCC2O)c(C#N)c1. The summed E-state index contributed by atoms with van der Waals surface area (Å²) in [5, 5.41) is 22.9. The predicted molar refractivity (Wildman–Crippen MR) is 85.2 cm³/mol. The first-order valence-corrected chi connectivity index (χ1v) is 7.82. The van der Waals surface area contributed by atoms with Gasteiger partial charge in [-0.15, -0.1) is 0 Å². The average Bonchev–Trinajstić information content (AvgIpc) is 2.52. The molecule has 1 fully saturated rings. The van der Waals surface area contributed by atoms with Crippen molar-refractivity contribution in [1.82, 2.24) is 5.32 Å². The van der Waals surface area contributed by atoms with E-state index in [1.165, 1.54) is 0 Å². The minimum absolute atomic E-state index is 0.116. The molecule has 1 aromatic carbocycles. The van der Waals surface area contributed by atoms with Gasteiger partial charge >= 0.3 is 0 Å². The van der Waals surface area contributed by atoms with E-state index < -0.39 is 0 Å². The van der Waals surface area contributed by atoms with E-state index in [-0.39, 0.29) is 12.1 Å². The van der Waals surface area contributed by atoms with Crippen molar-refractivity contribution in [2.45, 2.75) is 51.3 Å². The highest BCUT2D eigenvalue weighted by atomic mass is 16.3. The maximum atomic E-state index is 10.2. The first-order valence-electron chi connectivity index (χ1n) is 7.82. The van der Waals surface area contributed by atoms with E-state index in [4.69, 9.17) is 0 Å². The third-order valence-corrected chi connectivity index (χ3v) is 4.33. The lowest BCUT2D eigenvalue weighted by Crippen LogP contribution is -2.43. The number of likely N-dealkylation sites (N-methyl/N-ethyl adjacent to an activating group) is 1. The lowest BCUT2D eigenvalue weighted by molar-refractivity contribution is 0.106. The van der Waals surface area contributed by atoms with Gasteiger partial charge in [-0.1, -0.05) is 25.8 Å². The Balaban J connectivity index is 2.20. The largest absolute Gasteiger partial charge is 0.391 e. The summed E-state index contributed by atoms with van der Waals surface area (Å²) in [7, 11) is 1.99. The molecule has 0 aromatic heterocycles. The number of hydrogen-bond acceptors (Lipinski definition) is 4. The minimum atomic E-state index is -0.295. The van der Waals surface area contributed by atoms with Crippen molar-refractivity contribution in [3.8, 4) is 6.07 Å². The van der Waals surface area contributed by atoms with Crippen molar-refractivity contribution >= 4 is 5.69 Å². The van der Waals surface area contributed by atoms with Gasteiger partial charge in [-0.05, 0) is 37.1 Å². The van der Waals surface area contributed by atoms with E-state index in [2.05, 4.69) is 29.3 Å². The molecule has 0 heterocycles. The molecule has 0 bridgehead atoms. The first kappa shape index (κ1) is 15.8. The van der Waals surface area contributed by atoms with Gasteiger partial charge in [-0.2, -0.15) is 5.26 Å². The van der Waals surface area contributed by atoms with Crippen LogP contribution in [-0.2, 0) is 6.54 Å². The number of aliphatic hydroxyl groups excluding tert-OH is 1. The molecule has 0 saturated heterocycles. The molecule has 21 heavy (non-hydrogen) atoms. The lowest BCUT2D eigenvalue weighted by Gasteiger charge is -2.37. The van der Waals surface area contributed by atoms with Crippen LogP contribution in [0.2, 0.25) is 0 Å². The van der Waals surface area contributed by atoms with Gasteiger partial charge in [-0.25, -0.2) is 0 Å². The number of anilines is 1. The summed E-state index contributed by atoms with van der Waals surface area (Å²) in [6.45, 7) is 3.76. The highest BCUT2D eigenvalue weighted by molar-refractivity contribution is 5.60. The molecule has 0 radical (unpaired) electrons. The summed E-state index contributed by atoms with van der Waals surface area (Å²) in [5.41, 5.74) is 2.73. The fourth-order valence-corrected chi connectivity index (χ4v) is 3.08. The number of benzene rings is 1. The molecule has 2 rings (SSSR count). The van der Waals surface area contributed by atoms with Gasteiger partial charge < -0.3 is 15.3 Å². The fraction of sp³-hybridized carbons (Fsp3) is 0.588. The highest BCUT2D eigenvalue weighted by Gasteiger charge is 2.27. The van der Waals surface area contributed by atoms with Crippen molar-refractivity contribution in [2.75, 3.05) is 18.5 Å². The number of aliphatic hydroxyl groups is 1. The quantitative estimate of drug-likeness (QED) is 0.873. The van der Waals surface area contributed by atoms with Crippen LogP contribution < -0.4 is 10.2 Å². The second kappa shape index (κ2) is 7.44. The van der Waals surface area contributed by atoms with Gasteiger partial charge in [0.15, 0.2) is 0 Å². The van der Waals surface area contributed by atoms with Gasteiger partial charge in [0.1, 0.15) is 6.07 Å². The third kappa shape index (κ3) is 3.75. The van der Waals surface area contributed by atoms with Gasteiger partial charge in [0.2, 0.25) is 0 Å². The summed E-state index contributed by atoms with van der Waals surface area (Å²) in [6.07, 6.45) is 3.79. The Morgan fingerprint density at radius 2 is 2.14 bits per heavy atom. The minimum Gasteiger partial charge on any atom is -0.391 e. The molecule has 0 amide bonds. The van der Waals surface area contributed by atoms with Gasteiger partial charge in [0.25, 0.3) is 0 Å². The summed E-state index contributed by atoms with van der Waals surface area (Å²) in [5.74, 6) is 0. The summed E-state index contributed by atoms with van der Waals surface area (Å²) < 4.78 is 0. The van der Waals surface area contributed by atoms with Crippen LogP contribution in [0, 0.1) is 11.3 Å². The van der Waals surface area contributed by atoms with E-state index in [1.54, 1.807) is 0 Å². The zero-order valence-corrected chi connectivity index (χ0v) is 13.0. The smallest absolute Gasteiger partial charge is 0.101 e. The molecule has 1 saturated carbocycles. The molecule has 2 atom stereocenters. The van der Waals surface area contributed by atoms with Gasteiger partial charge in [0.05, 0.1) is 23.4 Å². The summed E-state index contributed by atoms with van der Waals surface area (Å²) in [6, 6.07) is 8.43. The number of rotatable bonds is 5. The fourth-order valence-electron chi connectivity index (χ4n) is 3.08. The predicted octanol–water partition coefficient (Wildman–Crippen LogP) is 2.41. The van der Waals surface area contributed by atoms with Crippen molar-refractivity contribution in [2.24, 2.45) is 0 Å².